The monoisotopic (exact) mass is 1210 g/mol. The van der Waals surface area contributed by atoms with E-state index in [0.717, 1.165) is 122 Å². The number of anilines is 6. The molecular weight excluding hydrogens is 1160 g/mol. The Morgan fingerprint density at radius 2 is 0.529 bits per heavy atom. The molecule has 424 valence electrons. The first-order valence-corrected chi connectivity index (χ1v) is 32.6. The molecule has 12 aromatic rings. The first-order valence-electron chi connectivity index (χ1n) is 29.1. The minimum absolute atomic E-state index is 0.529. The van der Waals surface area contributed by atoms with Crippen molar-refractivity contribution in [3.05, 3.63) is 226 Å². The second-order valence-electron chi connectivity index (χ2n) is 22.0. The SMILES string of the molecule is c1ccc2c(c1)-c1ccccc1C21c2cc(N(c3ccc(-c4scc5c4OCCO5)cc3)c3ccc(-c4scc5c4OCCO5)cc3)ccc2-c2ccc(N(c3ccc(-c4scc5c4OCCO5)cc3)c3ccc(-c4scc5c4OCCO5)cc3)cc21. The van der Waals surface area contributed by atoms with E-state index >= 15 is 0 Å². The van der Waals surface area contributed by atoms with E-state index < -0.39 is 5.41 Å². The van der Waals surface area contributed by atoms with Crippen molar-refractivity contribution in [2.75, 3.05) is 62.7 Å². The summed E-state index contributed by atoms with van der Waals surface area (Å²) in [5.41, 5.74) is 19.6. The summed E-state index contributed by atoms with van der Waals surface area (Å²) in [6.45, 7) is 4.32. The van der Waals surface area contributed by atoms with Crippen LogP contribution in [0.4, 0.5) is 34.1 Å². The molecule has 0 saturated heterocycles. The molecule has 0 radical (unpaired) electrons. The standard InChI is InChI=1S/C73H50N2O8S4/c1-3-7-57-53(5-1)54-6-2-4-8-58(54)73(57)59-37-51(74(47-17-9-43(10-18-47)69-65-61(39-84-69)76-29-33-80-65)48-19-11-44(12-20-48)70-66-62(40-85-70)77-30-34-81-66)25-27-55(59)56-28-26-52(38-60(56)73)75(49-21-13-45(14-22-49)71-67-63(41-86-71)78-31-35-82-67)50-23-15-46(16-24-50)72-68-64(42-87-72)79-32-36-83-68/h1-28,37-42H,29-36H2. The van der Waals surface area contributed by atoms with E-state index in [1.165, 1.54) is 44.5 Å². The molecule has 0 bridgehead atoms. The minimum Gasteiger partial charge on any atom is -0.485 e. The van der Waals surface area contributed by atoms with Gasteiger partial charge in [-0.25, -0.2) is 0 Å². The second-order valence-corrected chi connectivity index (χ2v) is 25.5. The van der Waals surface area contributed by atoms with Gasteiger partial charge in [-0.3, -0.25) is 0 Å². The smallest absolute Gasteiger partial charge is 0.179 e. The van der Waals surface area contributed by atoms with Crippen LogP contribution < -0.4 is 47.7 Å². The largest absolute Gasteiger partial charge is 0.485 e. The number of hydrogen-bond donors (Lipinski definition) is 0. The van der Waals surface area contributed by atoms with Crippen molar-refractivity contribution in [3.8, 4) is 110 Å². The molecule has 0 fully saturated rings. The molecule has 87 heavy (non-hydrogen) atoms. The van der Waals surface area contributed by atoms with Crippen molar-refractivity contribution >= 4 is 79.5 Å². The molecule has 0 N–H and O–H groups in total. The van der Waals surface area contributed by atoms with Gasteiger partial charge in [0, 0.05) is 55.6 Å². The zero-order valence-corrected chi connectivity index (χ0v) is 49.8. The Morgan fingerprint density at radius 1 is 0.264 bits per heavy atom. The molecule has 14 heteroatoms. The van der Waals surface area contributed by atoms with Gasteiger partial charge >= 0.3 is 0 Å². The molecule has 4 aromatic heterocycles. The zero-order valence-electron chi connectivity index (χ0n) is 46.6. The fraction of sp³-hybridized carbons (Fsp3) is 0.123. The lowest BCUT2D eigenvalue weighted by molar-refractivity contribution is 0.174. The fourth-order valence-corrected chi connectivity index (χ4v) is 17.3. The maximum Gasteiger partial charge on any atom is 0.179 e. The Bertz CT molecular complexity index is 4190. The zero-order chi connectivity index (χ0) is 57.2. The maximum absolute atomic E-state index is 6.18. The van der Waals surface area contributed by atoms with Gasteiger partial charge in [0.25, 0.3) is 0 Å². The highest BCUT2D eigenvalue weighted by molar-refractivity contribution is 7.15. The summed E-state index contributed by atoms with van der Waals surface area (Å²) in [5.74, 6) is 6.49. The van der Waals surface area contributed by atoms with Crippen LogP contribution in [0.5, 0.6) is 46.0 Å². The van der Waals surface area contributed by atoms with E-state index in [9.17, 15) is 0 Å². The first-order chi connectivity index (χ1) is 43.1. The molecule has 0 amide bonds. The van der Waals surface area contributed by atoms with E-state index in [1.807, 2.05) is 21.5 Å². The lowest BCUT2D eigenvalue weighted by atomic mass is 9.70. The Balaban J connectivity index is 0.800. The van der Waals surface area contributed by atoms with Crippen LogP contribution in [0.1, 0.15) is 22.3 Å². The molecule has 8 aromatic carbocycles. The average Bonchev–Trinajstić information content (AvgIpc) is 1.53. The van der Waals surface area contributed by atoms with Crippen molar-refractivity contribution in [1.82, 2.24) is 0 Å². The molecular formula is C73H50N2O8S4. The summed E-state index contributed by atoms with van der Waals surface area (Å²) in [5, 5.41) is 8.20. The van der Waals surface area contributed by atoms with E-state index in [1.54, 1.807) is 45.3 Å². The summed E-state index contributed by atoms with van der Waals surface area (Å²) in [6, 6.07) is 67.7. The van der Waals surface area contributed by atoms with Crippen LogP contribution in [0.15, 0.2) is 204 Å². The van der Waals surface area contributed by atoms with Crippen LogP contribution in [-0.2, 0) is 5.41 Å². The number of ether oxygens (including phenoxy) is 8. The lowest BCUT2D eigenvalue weighted by Gasteiger charge is -2.33. The van der Waals surface area contributed by atoms with Crippen molar-refractivity contribution in [3.63, 3.8) is 0 Å². The molecule has 0 saturated carbocycles. The van der Waals surface area contributed by atoms with Crippen LogP contribution >= 0.6 is 45.3 Å². The fourth-order valence-electron chi connectivity index (χ4n) is 13.6. The van der Waals surface area contributed by atoms with E-state index in [-0.39, 0.29) is 0 Å². The van der Waals surface area contributed by atoms with Crippen LogP contribution in [0.2, 0.25) is 0 Å². The second kappa shape index (κ2) is 20.3. The summed E-state index contributed by atoms with van der Waals surface area (Å²) < 4.78 is 48.6. The summed E-state index contributed by atoms with van der Waals surface area (Å²) in [7, 11) is 0. The number of thiophene rings is 4. The summed E-state index contributed by atoms with van der Waals surface area (Å²) in [4.78, 5) is 9.02. The van der Waals surface area contributed by atoms with E-state index in [0.29, 0.717) is 52.9 Å². The number of nitrogens with zero attached hydrogens (tertiary/aromatic N) is 2. The maximum atomic E-state index is 6.18. The Kier molecular flexibility index (Phi) is 11.9. The van der Waals surface area contributed by atoms with Crippen LogP contribution in [0.25, 0.3) is 64.0 Å². The number of fused-ring (bicyclic) bond motifs is 14. The van der Waals surface area contributed by atoms with Crippen molar-refractivity contribution < 1.29 is 37.9 Å². The number of hydrogen-bond acceptors (Lipinski definition) is 14. The highest BCUT2D eigenvalue weighted by atomic mass is 32.1. The van der Waals surface area contributed by atoms with Gasteiger partial charge in [-0.05, 0) is 140 Å². The van der Waals surface area contributed by atoms with Crippen molar-refractivity contribution in [2.24, 2.45) is 0 Å². The molecule has 10 nitrogen and oxygen atoms in total. The Labute approximate surface area is 517 Å². The van der Waals surface area contributed by atoms with Crippen LogP contribution in [0, 0.1) is 0 Å². The predicted octanol–water partition coefficient (Wildman–Crippen LogP) is 19.0. The number of benzene rings is 8. The minimum atomic E-state index is -0.690. The third-order valence-corrected chi connectivity index (χ3v) is 21.3. The highest BCUT2D eigenvalue weighted by Crippen LogP contribution is 2.64. The molecule has 18 rings (SSSR count). The molecule has 8 heterocycles. The Hall–Kier alpha value is -9.44. The van der Waals surface area contributed by atoms with Gasteiger partial charge in [0.15, 0.2) is 46.0 Å². The molecule has 2 aliphatic carbocycles. The Morgan fingerprint density at radius 3 is 0.839 bits per heavy atom. The van der Waals surface area contributed by atoms with Gasteiger partial charge in [-0.1, -0.05) is 109 Å². The van der Waals surface area contributed by atoms with Gasteiger partial charge in [0.1, 0.15) is 52.9 Å². The molecule has 1 spiro atoms. The van der Waals surface area contributed by atoms with Gasteiger partial charge in [0.2, 0.25) is 0 Å². The summed E-state index contributed by atoms with van der Waals surface area (Å²) >= 11 is 6.60. The molecule has 4 aliphatic heterocycles. The van der Waals surface area contributed by atoms with Gasteiger partial charge in [0.05, 0.1) is 24.9 Å². The lowest BCUT2D eigenvalue weighted by Crippen LogP contribution is -2.26. The highest BCUT2D eigenvalue weighted by Gasteiger charge is 2.52. The molecule has 6 aliphatic rings. The van der Waals surface area contributed by atoms with Crippen LogP contribution in [0.3, 0.4) is 0 Å². The predicted molar refractivity (Wildman–Crippen MR) is 349 cm³/mol. The van der Waals surface area contributed by atoms with Crippen molar-refractivity contribution in [1.29, 1.82) is 0 Å². The normalized spacial score (nSPS) is 14.9. The molecule has 0 unspecified atom stereocenters. The van der Waals surface area contributed by atoms with Gasteiger partial charge in [-0.15, -0.1) is 45.3 Å². The topological polar surface area (TPSA) is 80.3 Å². The third kappa shape index (κ3) is 8.01. The third-order valence-electron chi connectivity index (χ3n) is 17.3. The average molecular weight is 1210 g/mol. The summed E-state index contributed by atoms with van der Waals surface area (Å²) in [6.07, 6.45) is 0. The van der Waals surface area contributed by atoms with Crippen molar-refractivity contribution in [2.45, 2.75) is 5.41 Å². The molecule has 0 atom stereocenters. The van der Waals surface area contributed by atoms with Gasteiger partial charge in [-0.2, -0.15) is 0 Å². The first kappa shape index (κ1) is 50.8. The van der Waals surface area contributed by atoms with E-state index in [4.69, 9.17) is 37.9 Å². The van der Waals surface area contributed by atoms with Gasteiger partial charge < -0.3 is 47.7 Å². The number of rotatable bonds is 10. The van der Waals surface area contributed by atoms with Crippen LogP contribution in [-0.4, -0.2) is 52.9 Å². The van der Waals surface area contributed by atoms with E-state index in [2.05, 4.69) is 192 Å². The quantitative estimate of drug-likeness (QED) is 0.132.